The lowest BCUT2D eigenvalue weighted by Crippen LogP contribution is -2.43. The Kier molecular flexibility index (Phi) is 8.66. The summed E-state index contributed by atoms with van der Waals surface area (Å²) in [6.45, 7) is 4.29. The highest BCUT2D eigenvalue weighted by Crippen LogP contribution is 2.43. The summed E-state index contributed by atoms with van der Waals surface area (Å²) in [5.74, 6) is -2.47. The molecule has 2 fully saturated rings. The minimum atomic E-state index is -3.16. The predicted octanol–water partition coefficient (Wildman–Crippen LogP) is 6.29. The van der Waals surface area contributed by atoms with Crippen LogP contribution in [-0.4, -0.2) is 76.0 Å². The number of halogens is 5. The van der Waals surface area contributed by atoms with Crippen LogP contribution in [0.3, 0.4) is 0 Å². The van der Waals surface area contributed by atoms with Crippen LogP contribution in [-0.2, 0) is 0 Å². The van der Waals surface area contributed by atoms with E-state index in [-0.39, 0.29) is 57.8 Å². The summed E-state index contributed by atoms with van der Waals surface area (Å²) in [6, 6.07) is 4.27. The SMILES string of the molecule is CCCCN(CCN)c1nc(OC[C@]23CCCN2C[C@@H](F)C3)nc2c(C(F)F)c(-c3cc(O)cc4ccc(F)c(F)c34)ncc12. The van der Waals surface area contributed by atoms with Gasteiger partial charge in [0.05, 0.1) is 27.7 Å². The number of anilines is 1. The molecule has 240 valence electrons. The quantitative estimate of drug-likeness (QED) is 0.187. The van der Waals surface area contributed by atoms with Crippen molar-refractivity contribution in [2.45, 2.75) is 57.2 Å². The number of benzene rings is 2. The Hall–Kier alpha value is -3.84. The van der Waals surface area contributed by atoms with Gasteiger partial charge in [-0.15, -0.1) is 0 Å². The summed E-state index contributed by atoms with van der Waals surface area (Å²) in [7, 11) is 0. The predicted molar refractivity (Wildman–Crippen MR) is 162 cm³/mol. The van der Waals surface area contributed by atoms with Crippen molar-refractivity contribution in [3.8, 4) is 23.0 Å². The smallest absolute Gasteiger partial charge is 0.319 e. The van der Waals surface area contributed by atoms with Crippen molar-refractivity contribution in [2.24, 2.45) is 5.73 Å². The molecule has 45 heavy (non-hydrogen) atoms. The van der Waals surface area contributed by atoms with E-state index >= 15 is 13.2 Å². The number of phenols is 1. The van der Waals surface area contributed by atoms with Crippen molar-refractivity contribution < 1.29 is 31.8 Å². The number of rotatable bonds is 11. The molecule has 0 radical (unpaired) electrons. The molecule has 6 rings (SSSR count). The Morgan fingerprint density at radius 2 is 2.02 bits per heavy atom. The van der Waals surface area contributed by atoms with Gasteiger partial charge in [0.2, 0.25) is 0 Å². The molecule has 2 saturated heterocycles. The van der Waals surface area contributed by atoms with E-state index in [0.29, 0.717) is 31.9 Å². The monoisotopic (exact) mass is 630 g/mol. The van der Waals surface area contributed by atoms with E-state index in [1.165, 1.54) is 18.3 Å². The van der Waals surface area contributed by atoms with Crippen LogP contribution in [0, 0.1) is 11.6 Å². The first kappa shape index (κ1) is 31.2. The maximum atomic E-state index is 15.2. The topological polar surface area (TPSA) is 101 Å². The van der Waals surface area contributed by atoms with Gasteiger partial charge in [0.1, 0.15) is 24.3 Å². The summed E-state index contributed by atoms with van der Waals surface area (Å²) >= 11 is 0. The Balaban J connectivity index is 1.56. The van der Waals surface area contributed by atoms with Crippen LogP contribution < -0.4 is 15.4 Å². The average Bonchev–Trinajstić information content (AvgIpc) is 3.54. The first-order valence-corrected chi connectivity index (χ1v) is 15.2. The van der Waals surface area contributed by atoms with Crippen molar-refractivity contribution in [1.29, 1.82) is 0 Å². The summed E-state index contributed by atoms with van der Waals surface area (Å²) < 4.78 is 80.4. The van der Waals surface area contributed by atoms with Crippen molar-refractivity contribution in [2.75, 3.05) is 44.2 Å². The first-order valence-electron chi connectivity index (χ1n) is 15.2. The molecular weight excluding hydrogens is 595 g/mol. The highest BCUT2D eigenvalue weighted by Gasteiger charge is 2.49. The molecule has 3 N–H and O–H groups in total. The number of nitrogens with two attached hydrogens (primary N) is 1. The number of pyridine rings is 1. The van der Waals surface area contributed by atoms with Gasteiger partial charge in [-0.05, 0) is 49.4 Å². The molecule has 4 aromatic rings. The molecule has 0 spiro atoms. The lowest BCUT2D eigenvalue weighted by molar-refractivity contribution is 0.107. The second-order valence-corrected chi connectivity index (χ2v) is 11.9. The molecule has 8 nitrogen and oxygen atoms in total. The second kappa shape index (κ2) is 12.5. The van der Waals surface area contributed by atoms with Crippen LogP contribution in [0.5, 0.6) is 11.8 Å². The standard InChI is InChI=1S/C32H35F5N6O2/c1-2-3-9-42(11-8-38)30-22-15-39-27(21-13-20(44)12-18-5-6-23(34)26(35)24(18)21)25(29(36)37)28(22)40-31(41-30)45-17-32-7-4-10-43(32)16-19(33)14-32/h5-6,12-13,15,19,29,44H,2-4,7-11,14,16-17,38H2,1H3/t19-,32+/m0/s1. The zero-order chi connectivity index (χ0) is 31.9. The van der Waals surface area contributed by atoms with Crippen molar-refractivity contribution in [1.82, 2.24) is 19.9 Å². The van der Waals surface area contributed by atoms with Gasteiger partial charge in [0.15, 0.2) is 11.6 Å². The lowest BCUT2D eigenvalue weighted by atomic mass is 9.95. The van der Waals surface area contributed by atoms with Crippen LogP contribution in [0.1, 0.15) is 51.0 Å². The van der Waals surface area contributed by atoms with Crippen LogP contribution in [0.25, 0.3) is 32.9 Å². The van der Waals surface area contributed by atoms with Gasteiger partial charge < -0.3 is 20.5 Å². The van der Waals surface area contributed by atoms with Crippen molar-refractivity contribution in [3.63, 3.8) is 0 Å². The molecule has 2 aliphatic rings. The minimum Gasteiger partial charge on any atom is -0.508 e. The second-order valence-electron chi connectivity index (χ2n) is 11.9. The number of fused-ring (bicyclic) bond motifs is 3. The summed E-state index contributed by atoms with van der Waals surface area (Å²) in [6.07, 6.45) is 0.710. The number of ether oxygens (including phenoxy) is 1. The number of alkyl halides is 3. The average molecular weight is 631 g/mol. The van der Waals surface area contributed by atoms with E-state index in [1.807, 2.05) is 11.8 Å². The van der Waals surface area contributed by atoms with E-state index in [1.54, 1.807) is 0 Å². The molecule has 13 heteroatoms. The molecule has 0 unspecified atom stereocenters. The Morgan fingerprint density at radius 3 is 2.78 bits per heavy atom. The maximum Gasteiger partial charge on any atom is 0.319 e. The third-order valence-electron chi connectivity index (χ3n) is 8.91. The van der Waals surface area contributed by atoms with Crippen molar-refractivity contribution in [3.05, 3.63) is 47.7 Å². The third kappa shape index (κ3) is 5.71. The third-order valence-corrected chi connectivity index (χ3v) is 8.91. The highest BCUT2D eigenvalue weighted by molar-refractivity contribution is 6.01. The normalized spacial score (nSPS) is 20.0. The van der Waals surface area contributed by atoms with E-state index in [9.17, 15) is 13.9 Å². The van der Waals surface area contributed by atoms with E-state index in [2.05, 4.69) is 19.9 Å². The van der Waals surface area contributed by atoms with Crippen LogP contribution >= 0.6 is 0 Å². The molecule has 0 amide bonds. The van der Waals surface area contributed by atoms with Gasteiger partial charge in [-0.25, -0.2) is 22.0 Å². The lowest BCUT2D eigenvalue weighted by Gasteiger charge is -2.31. The fraction of sp³-hybridized carbons (Fsp3) is 0.469. The minimum absolute atomic E-state index is 0.0772. The van der Waals surface area contributed by atoms with Gasteiger partial charge in [0.25, 0.3) is 6.43 Å². The largest absolute Gasteiger partial charge is 0.508 e. The maximum absolute atomic E-state index is 15.2. The van der Waals surface area contributed by atoms with E-state index < -0.39 is 35.3 Å². The molecule has 4 heterocycles. The number of hydrogen-bond donors (Lipinski definition) is 2. The van der Waals surface area contributed by atoms with Crippen LogP contribution in [0.15, 0.2) is 30.5 Å². The molecule has 2 aromatic carbocycles. The van der Waals surface area contributed by atoms with Gasteiger partial charge >= 0.3 is 6.01 Å². The number of hydrogen-bond acceptors (Lipinski definition) is 8. The number of phenolic OH excluding ortho intramolecular Hbond substituents is 1. The Labute approximate surface area is 257 Å². The molecule has 0 bridgehead atoms. The number of unbranched alkanes of at least 4 members (excludes halogenated alkanes) is 1. The highest BCUT2D eigenvalue weighted by atomic mass is 19.3. The summed E-state index contributed by atoms with van der Waals surface area (Å²) in [5.41, 5.74) is 3.97. The van der Waals surface area contributed by atoms with Crippen molar-refractivity contribution >= 4 is 27.5 Å². The van der Waals surface area contributed by atoms with Gasteiger partial charge in [-0.2, -0.15) is 9.97 Å². The van der Waals surface area contributed by atoms with Gasteiger partial charge in [0, 0.05) is 49.7 Å². The van der Waals surface area contributed by atoms with Gasteiger partial charge in [-0.1, -0.05) is 19.4 Å². The molecule has 2 atom stereocenters. The molecule has 2 aliphatic heterocycles. The molecule has 0 saturated carbocycles. The summed E-state index contributed by atoms with van der Waals surface area (Å²) in [5, 5.41) is 10.4. The fourth-order valence-electron chi connectivity index (χ4n) is 6.84. The zero-order valence-electron chi connectivity index (χ0n) is 24.9. The van der Waals surface area contributed by atoms with Gasteiger partial charge in [-0.3, -0.25) is 9.88 Å². The molecule has 0 aliphatic carbocycles. The van der Waals surface area contributed by atoms with Crippen LogP contribution in [0.2, 0.25) is 0 Å². The number of aromatic hydroxyl groups is 1. The molecular formula is C32H35F5N6O2. The zero-order valence-corrected chi connectivity index (χ0v) is 24.9. The number of aromatic nitrogens is 3. The van der Waals surface area contributed by atoms with Crippen LogP contribution in [0.4, 0.5) is 27.8 Å². The Morgan fingerprint density at radius 1 is 1.20 bits per heavy atom. The fourth-order valence-corrected chi connectivity index (χ4v) is 6.84. The number of nitrogens with zero attached hydrogens (tertiary/aromatic N) is 5. The van der Waals surface area contributed by atoms with E-state index in [0.717, 1.165) is 44.4 Å². The molecule has 2 aromatic heterocycles. The Bertz CT molecular complexity index is 1730. The summed E-state index contributed by atoms with van der Waals surface area (Å²) in [4.78, 5) is 17.3. The van der Waals surface area contributed by atoms with E-state index in [4.69, 9.17) is 10.5 Å². The first-order chi connectivity index (χ1) is 21.7.